The highest BCUT2D eigenvalue weighted by molar-refractivity contribution is 5.67. The van der Waals surface area contributed by atoms with Gasteiger partial charge in [-0.1, -0.05) is 12.1 Å². The summed E-state index contributed by atoms with van der Waals surface area (Å²) < 4.78 is 39.1. The van der Waals surface area contributed by atoms with E-state index in [2.05, 4.69) is 20.3 Å². The number of aromatic nitrogens is 3. The lowest BCUT2D eigenvalue weighted by molar-refractivity contribution is -0.137. The van der Waals surface area contributed by atoms with Gasteiger partial charge in [0, 0.05) is 42.7 Å². The number of rotatable bonds is 6. The van der Waals surface area contributed by atoms with E-state index >= 15 is 0 Å². The first-order chi connectivity index (χ1) is 13.0. The van der Waals surface area contributed by atoms with Crippen LogP contribution in [0.25, 0.3) is 22.6 Å². The van der Waals surface area contributed by atoms with E-state index in [1.165, 1.54) is 6.07 Å². The number of hydrogen-bond acceptors (Lipinski definition) is 5. The van der Waals surface area contributed by atoms with Crippen molar-refractivity contribution in [2.45, 2.75) is 12.6 Å². The lowest BCUT2D eigenvalue weighted by Gasteiger charge is -2.12. The average molecular weight is 374 g/mol. The first-order valence-electron chi connectivity index (χ1n) is 8.29. The maximum absolute atomic E-state index is 13.0. The summed E-state index contributed by atoms with van der Waals surface area (Å²) in [5.41, 5.74) is 0.608. The fraction of sp³-hybridized carbons (Fsp3) is 0.211. The van der Waals surface area contributed by atoms with Gasteiger partial charge < -0.3 is 10.4 Å². The van der Waals surface area contributed by atoms with E-state index in [-0.39, 0.29) is 6.61 Å². The molecule has 5 nitrogen and oxygen atoms in total. The molecule has 0 saturated heterocycles. The SMILES string of the molecule is OCCCNc1cc(-c2cccc(C(F)(F)F)c2)nc(-c2cccnc2)n1. The molecule has 140 valence electrons. The first-order valence-corrected chi connectivity index (χ1v) is 8.29. The molecule has 2 N–H and O–H groups in total. The Morgan fingerprint density at radius 2 is 1.81 bits per heavy atom. The van der Waals surface area contributed by atoms with Gasteiger partial charge in [-0.05, 0) is 30.7 Å². The van der Waals surface area contributed by atoms with Gasteiger partial charge in [0.25, 0.3) is 0 Å². The second kappa shape index (κ2) is 8.13. The highest BCUT2D eigenvalue weighted by Gasteiger charge is 2.30. The number of benzene rings is 1. The Kier molecular flexibility index (Phi) is 5.66. The fourth-order valence-electron chi connectivity index (χ4n) is 2.46. The normalized spacial score (nSPS) is 11.4. The number of aliphatic hydroxyl groups is 1. The highest BCUT2D eigenvalue weighted by atomic mass is 19.4. The van der Waals surface area contributed by atoms with Crippen LogP contribution in [0.1, 0.15) is 12.0 Å². The molecule has 27 heavy (non-hydrogen) atoms. The molecule has 2 heterocycles. The van der Waals surface area contributed by atoms with E-state index in [4.69, 9.17) is 5.11 Å². The third-order valence-corrected chi connectivity index (χ3v) is 3.77. The molecule has 0 aliphatic heterocycles. The van der Waals surface area contributed by atoms with Gasteiger partial charge >= 0.3 is 6.18 Å². The Morgan fingerprint density at radius 1 is 1.00 bits per heavy atom. The van der Waals surface area contributed by atoms with E-state index in [9.17, 15) is 13.2 Å². The minimum absolute atomic E-state index is 0.0219. The van der Waals surface area contributed by atoms with Crippen LogP contribution in [-0.2, 0) is 6.18 Å². The third-order valence-electron chi connectivity index (χ3n) is 3.77. The Morgan fingerprint density at radius 3 is 2.52 bits per heavy atom. The Balaban J connectivity index is 2.05. The zero-order valence-electron chi connectivity index (χ0n) is 14.2. The quantitative estimate of drug-likeness (QED) is 0.638. The standard InChI is InChI=1S/C19H17F3N4O/c20-19(21,22)15-6-1-4-13(10-15)16-11-17(24-8-3-9-27)26-18(25-16)14-5-2-7-23-12-14/h1-2,4-7,10-12,27H,3,8-9H2,(H,24,25,26). The lowest BCUT2D eigenvalue weighted by atomic mass is 10.1. The number of halogens is 3. The van der Waals surface area contributed by atoms with Gasteiger partial charge in [0.2, 0.25) is 0 Å². The number of alkyl halides is 3. The second-order valence-corrected chi connectivity index (χ2v) is 5.79. The predicted molar refractivity (Wildman–Crippen MR) is 95.9 cm³/mol. The number of pyridine rings is 1. The summed E-state index contributed by atoms with van der Waals surface area (Å²) in [6.07, 6.45) is -0.716. The topological polar surface area (TPSA) is 70.9 Å². The van der Waals surface area contributed by atoms with Gasteiger partial charge in [-0.15, -0.1) is 0 Å². The largest absolute Gasteiger partial charge is 0.416 e. The van der Waals surface area contributed by atoms with Gasteiger partial charge in [0.05, 0.1) is 11.3 Å². The number of aliphatic hydroxyl groups excluding tert-OH is 1. The van der Waals surface area contributed by atoms with E-state index in [1.807, 2.05) is 0 Å². The molecule has 0 atom stereocenters. The summed E-state index contributed by atoms with van der Waals surface area (Å²) >= 11 is 0. The minimum atomic E-state index is -4.43. The van der Waals surface area contributed by atoms with Crippen molar-refractivity contribution in [2.24, 2.45) is 0 Å². The summed E-state index contributed by atoms with van der Waals surface area (Å²) in [5, 5.41) is 12.0. The predicted octanol–water partition coefficient (Wildman–Crippen LogP) is 4.02. The van der Waals surface area contributed by atoms with Crippen molar-refractivity contribution < 1.29 is 18.3 Å². The maximum atomic E-state index is 13.0. The fourth-order valence-corrected chi connectivity index (χ4v) is 2.46. The highest BCUT2D eigenvalue weighted by Crippen LogP contribution is 2.32. The number of nitrogens with zero attached hydrogens (tertiary/aromatic N) is 3. The van der Waals surface area contributed by atoms with Crippen molar-refractivity contribution in [3.05, 3.63) is 60.4 Å². The lowest BCUT2D eigenvalue weighted by Crippen LogP contribution is -2.07. The molecule has 0 unspecified atom stereocenters. The molecule has 0 aliphatic carbocycles. The molecule has 0 spiro atoms. The number of anilines is 1. The van der Waals surface area contributed by atoms with Crippen molar-refractivity contribution in [3.63, 3.8) is 0 Å². The van der Waals surface area contributed by atoms with Crippen LogP contribution in [-0.4, -0.2) is 33.2 Å². The summed E-state index contributed by atoms with van der Waals surface area (Å²) in [7, 11) is 0. The summed E-state index contributed by atoms with van der Waals surface area (Å²) in [6.45, 7) is 0.496. The monoisotopic (exact) mass is 374 g/mol. The molecule has 1 aromatic carbocycles. The molecule has 0 bridgehead atoms. The van der Waals surface area contributed by atoms with Crippen LogP contribution in [0.2, 0.25) is 0 Å². The minimum Gasteiger partial charge on any atom is -0.396 e. The summed E-state index contributed by atoms with van der Waals surface area (Å²) in [4.78, 5) is 12.9. The molecule has 0 aliphatic rings. The number of nitrogens with one attached hydrogen (secondary N) is 1. The van der Waals surface area contributed by atoms with Crippen LogP contribution in [0, 0.1) is 0 Å². The molecule has 2 aromatic heterocycles. The van der Waals surface area contributed by atoms with Crippen LogP contribution >= 0.6 is 0 Å². The molecule has 0 saturated carbocycles. The van der Waals surface area contributed by atoms with Gasteiger partial charge in [0.15, 0.2) is 5.82 Å². The summed E-state index contributed by atoms with van der Waals surface area (Å²) in [5.74, 6) is 0.814. The molecule has 3 aromatic rings. The average Bonchev–Trinajstić information content (AvgIpc) is 2.68. The molecule has 0 radical (unpaired) electrons. The van der Waals surface area contributed by atoms with Crippen molar-refractivity contribution in [1.29, 1.82) is 0 Å². The van der Waals surface area contributed by atoms with Crippen molar-refractivity contribution in [2.75, 3.05) is 18.5 Å². The second-order valence-electron chi connectivity index (χ2n) is 5.79. The van der Waals surface area contributed by atoms with E-state index < -0.39 is 11.7 Å². The van der Waals surface area contributed by atoms with E-state index in [0.29, 0.717) is 41.4 Å². The Bertz CT molecular complexity index is 901. The molecule has 0 fully saturated rings. The van der Waals surface area contributed by atoms with Gasteiger partial charge in [0.1, 0.15) is 5.82 Å². The van der Waals surface area contributed by atoms with E-state index in [1.54, 1.807) is 36.7 Å². The van der Waals surface area contributed by atoms with Crippen LogP contribution in [0.15, 0.2) is 54.9 Å². The Hall–Kier alpha value is -3.00. The Labute approximate surface area is 154 Å². The first kappa shape index (κ1) is 18.8. The summed E-state index contributed by atoms with van der Waals surface area (Å²) in [6, 6.07) is 10.1. The van der Waals surface area contributed by atoms with Gasteiger partial charge in [-0.25, -0.2) is 9.97 Å². The zero-order chi connectivity index (χ0) is 19.3. The number of hydrogen-bond donors (Lipinski definition) is 2. The van der Waals surface area contributed by atoms with Crippen LogP contribution < -0.4 is 5.32 Å². The van der Waals surface area contributed by atoms with E-state index in [0.717, 1.165) is 12.1 Å². The van der Waals surface area contributed by atoms with Gasteiger partial charge in [-0.3, -0.25) is 4.98 Å². The van der Waals surface area contributed by atoms with Gasteiger partial charge in [-0.2, -0.15) is 13.2 Å². The molecule has 8 heteroatoms. The van der Waals surface area contributed by atoms with Crippen molar-refractivity contribution >= 4 is 5.82 Å². The maximum Gasteiger partial charge on any atom is 0.416 e. The van der Waals surface area contributed by atoms with Crippen molar-refractivity contribution in [1.82, 2.24) is 15.0 Å². The third kappa shape index (κ3) is 4.79. The zero-order valence-corrected chi connectivity index (χ0v) is 14.2. The molecule has 0 amide bonds. The molecular weight excluding hydrogens is 357 g/mol. The van der Waals surface area contributed by atoms with Crippen LogP contribution in [0.5, 0.6) is 0 Å². The van der Waals surface area contributed by atoms with Crippen LogP contribution in [0.3, 0.4) is 0 Å². The molecule has 3 rings (SSSR count). The smallest absolute Gasteiger partial charge is 0.396 e. The van der Waals surface area contributed by atoms with Crippen LogP contribution in [0.4, 0.5) is 19.0 Å². The molecular formula is C19H17F3N4O. The van der Waals surface area contributed by atoms with Crippen molar-refractivity contribution in [3.8, 4) is 22.6 Å².